The molecule has 0 N–H and O–H groups in total. The quantitative estimate of drug-likeness (QED) is 0.429. The highest BCUT2D eigenvalue weighted by Gasteiger charge is 2.30. The van der Waals surface area contributed by atoms with Crippen LogP contribution < -0.4 is 0 Å². The van der Waals surface area contributed by atoms with Crippen LogP contribution in [0.5, 0.6) is 0 Å². The summed E-state index contributed by atoms with van der Waals surface area (Å²) in [6.45, 7) is 9.11. The Kier molecular flexibility index (Phi) is 4.92. The van der Waals surface area contributed by atoms with E-state index in [0.717, 1.165) is 17.8 Å². The lowest BCUT2D eigenvalue weighted by Gasteiger charge is -2.38. The zero-order valence-corrected chi connectivity index (χ0v) is 12.9. The maximum Gasteiger partial charge on any atom is 0.182 e. The first-order valence-corrected chi connectivity index (χ1v) is 9.92. The largest absolute Gasteiger partial charge is 0.335 e. The van der Waals surface area contributed by atoms with E-state index in [0.29, 0.717) is 0 Å². The van der Waals surface area contributed by atoms with E-state index < -0.39 is 8.07 Å². The van der Waals surface area contributed by atoms with Gasteiger partial charge in [-0.25, -0.2) is 0 Å². The van der Waals surface area contributed by atoms with E-state index in [-0.39, 0.29) is 0 Å². The Morgan fingerprint density at radius 3 is 2.18 bits per heavy atom. The summed E-state index contributed by atoms with van der Waals surface area (Å²) in [5.41, 5.74) is 1.39. The molecule has 0 bridgehead atoms. The number of methoxy groups -OCH3 is 1. The molecule has 3 heteroatoms. The standard InChI is InChI=1S/C14H26NOSi/c1-15(12-16-2,13-17(3,4)5)11-14-9-7-6-8-10-14/h6-10H,11-13H2,1-5H3/q+1/t15-/m0/s1. The van der Waals surface area contributed by atoms with E-state index in [1.807, 2.05) is 0 Å². The maximum atomic E-state index is 5.42. The molecular weight excluding hydrogens is 226 g/mol. The lowest BCUT2D eigenvalue weighted by molar-refractivity contribution is -0.931. The summed E-state index contributed by atoms with van der Waals surface area (Å²) in [5, 5.41) is 0. The third-order valence-electron chi connectivity index (χ3n) is 2.70. The molecule has 0 saturated carbocycles. The van der Waals surface area contributed by atoms with Crippen molar-refractivity contribution < 1.29 is 9.22 Å². The van der Waals surface area contributed by atoms with E-state index in [2.05, 4.69) is 57.0 Å². The molecule has 0 spiro atoms. The minimum Gasteiger partial charge on any atom is -0.335 e. The zero-order valence-electron chi connectivity index (χ0n) is 11.9. The molecule has 0 fully saturated rings. The number of rotatable bonds is 6. The molecule has 0 aliphatic carbocycles. The van der Waals surface area contributed by atoms with Crippen molar-refractivity contribution in [1.82, 2.24) is 0 Å². The van der Waals surface area contributed by atoms with Gasteiger partial charge in [-0.2, -0.15) is 0 Å². The van der Waals surface area contributed by atoms with Crippen molar-refractivity contribution in [3.8, 4) is 0 Å². The number of quaternary nitrogens is 1. The predicted molar refractivity (Wildman–Crippen MR) is 76.4 cm³/mol. The Hall–Kier alpha value is -0.643. The Bertz CT molecular complexity index is 334. The Morgan fingerprint density at radius 1 is 1.12 bits per heavy atom. The van der Waals surface area contributed by atoms with Gasteiger partial charge in [-0.3, -0.25) is 0 Å². The molecule has 0 aromatic heterocycles. The van der Waals surface area contributed by atoms with E-state index in [1.165, 1.54) is 11.7 Å². The predicted octanol–water partition coefficient (Wildman–Crippen LogP) is 3.11. The molecule has 0 unspecified atom stereocenters. The molecule has 1 rings (SSSR count). The van der Waals surface area contributed by atoms with E-state index in [9.17, 15) is 0 Å². The minimum atomic E-state index is -1.09. The van der Waals surface area contributed by atoms with Gasteiger partial charge in [-0.1, -0.05) is 50.0 Å². The molecule has 0 saturated heterocycles. The normalized spacial score (nSPS) is 15.6. The van der Waals surface area contributed by atoms with Gasteiger partial charge in [0.2, 0.25) is 0 Å². The van der Waals surface area contributed by atoms with E-state index >= 15 is 0 Å². The first kappa shape index (κ1) is 14.4. The number of ether oxygens (including phenoxy) is 1. The second kappa shape index (κ2) is 5.80. The SMILES string of the molecule is COC[N@+](C)(Cc1ccccc1)C[Si](C)(C)C. The third-order valence-corrected chi connectivity index (χ3v) is 4.42. The number of nitrogens with zero attached hydrogens (tertiary/aromatic N) is 1. The first-order valence-electron chi connectivity index (χ1n) is 6.21. The van der Waals surface area contributed by atoms with Crippen molar-refractivity contribution >= 4 is 8.07 Å². The average Bonchev–Trinajstić information content (AvgIpc) is 2.15. The van der Waals surface area contributed by atoms with Gasteiger partial charge in [-0.15, -0.1) is 0 Å². The molecule has 0 radical (unpaired) electrons. The molecule has 0 heterocycles. The lowest BCUT2D eigenvalue weighted by Crippen LogP contribution is -2.53. The van der Waals surface area contributed by atoms with Gasteiger partial charge in [-0.05, 0) is 0 Å². The molecular formula is C14H26NOSi+. The van der Waals surface area contributed by atoms with Crippen LogP contribution in [0.1, 0.15) is 5.56 Å². The van der Waals surface area contributed by atoms with Crippen LogP contribution in [0.3, 0.4) is 0 Å². The minimum absolute atomic E-state index is 0.791. The average molecular weight is 252 g/mol. The summed E-state index contributed by atoms with van der Waals surface area (Å²) >= 11 is 0. The van der Waals surface area contributed by atoms with Gasteiger partial charge in [0.05, 0.1) is 13.2 Å². The summed E-state index contributed by atoms with van der Waals surface area (Å²) in [6.07, 6.45) is 1.25. The van der Waals surface area contributed by atoms with Crippen molar-refractivity contribution in [3.63, 3.8) is 0 Å². The van der Waals surface area contributed by atoms with Crippen LogP contribution in [0.15, 0.2) is 30.3 Å². The van der Waals surface area contributed by atoms with Crippen molar-refractivity contribution in [2.75, 3.05) is 27.1 Å². The number of benzene rings is 1. The van der Waals surface area contributed by atoms with Gasteiger partial charge in [0, 0.05) is 12.7 Å². The molecule has 1 aromatic rings. The lowest BCUT2D eigenvalue weighted by atomic mass is 10.2. The Labute approximate surface area is 107 Å². The number of hydrogen-bond donors (Lipinski definition) is 0. The van der Waals surface area contributed by atoms with Crippen LogP contribution in [0.4, 0.5) is 0 Å². The van der Waals surface area contributed by atoms with Gasteiger partial charge >= 0.3 is 0 Å². The summed E-state index contributed by atoms with van der Waals surface area (Å²) in [6, 6.07) is 10.7. The molecule has 2 nitrogen and oxygen atoms in total. The highest BCUT2D eigenvalue weighted by Crippen LogP contribution is 2.16. The van der Waals surface area contributed by atoms with E-state index in [1.54, 1.807) is 7.11 Å². The third kappa shape index (κ3) is 5.48. The van der Waals surface area contributed by atoms with Crippen LogP contribution in [-0.4, -0.2) is 39.6 Å². The van der Waals surface area contributed by atoms with Gasteiger partial charge in [0.25, 0.3) is 0 Å². The Morgan fingerprint density at radius 2 is 1.71 bits per heavy atom. The van der Waals surface area contributed by atoms with Gasteiger partial charge < -0.3 is 9.22 Å². The van der Waals surface area contributed by atoms with Crippen LogP contribution in [0.2, 0.25) is 19.6 Å². The molecule has 96 valence electrons. The highest BCUT2D eigenvalue weighted by atomic mass is 28.3. The van der Waals surface area contributed by atoms with E-state index in [4.69, 9.17) is 4.74 Å². The van der Waals surface area contributed by atoms with Crippen molar-refractivity contribution in [2.45, 2.75) is 26.2 Å². The maximum absolute atomic E-state index is 5.42. The molecule has 0 amide bonds. The molecule has 1 aromatic carbocycles. The fourth-order valence-electron chi connectivity index (χ4n) is 2.63. The van der Waals surface area contributed by atoms with Crippen LogP contribution in [0.25, 0.3) is 0 Å². The smallest absolute Gasteiger partial charge is 0.182 e. The second-order valence-corrected chi connectivity index (χ2v) is 11.8. The van der Waals surface area contributed by atoms with Crippen LogP contribution in [0, 0.1) is 0 Å². The fourth-order valence-corrected chi connectivity index (χ4v) is 5.12. The summed E-state index contributed by atoms with van der Waals surface area (Å²) in [7, 11) is 3.01. The fraction of sp³-hybridized carbons (Fsp3) is 0.571. The zero-order chi connectivity index (χ0) is 12.9. The first-order chi connectivity index (χ1) is 7.85. The van der Waals surface area contributed by atoms with Crippen LogP contribution in [-0.2, 0) is 11.3 Å². The number of hydrogen-bond acceptors (Lipinski definition) is 1. The topological polar surface area (TPSA) is 9.23 Å². The highest BCUT2D eigenvalue weighted by molar-refractivity contribution is 6.75. The molecule has 1 atom stereocenters. The van der Waals surface area contributed by atoms with Crippen LogP contribution >= 0.6 is 0 Å². The van der Waals surface area contributed by atoms with Crippen molar-refractivity contribution in [2.24, 2.45) is 0 Å². The summed E-state index contributed by atoms with van der Waals surface area (Å²) < 4.78 is 6.40. The summed E-state index contributed by atoms with van der Waals surface area (Å²) in [4.78, 5) is 0. The second-order valence-electron chi connectivity index (χ2n) is 6.40. The van der Waals surface area contributed by atoms with Crippen molar-refractivity contribution in [1.29, 1.82) is 0 Å². The van der Waals surface area contributed by atoms with Gasteiger partial charge in [0.15, 0.2) is 6.73 Å². The Balaban J connectivity index is 2.78. The van der Waals surface area contributed by atoms with Gasteiger partial charge in [0.1, 0.15) is 14.6 Å². The summed E-state index contributed by atoms with van der Waals surface area (Å²) in [5.74, 6) is 0. The monoisotopic (exact) mass is 252 g/mol. The molecule has 0 aliphatic rings. The van der Waals surface area contributed by atoms with Crippen molar-refractivity contribution in [3.05, 3.63) is 35.9 Å². The molecule has 17 heavy (non-hydrogen) atoms. The molecule has 0 aliphatic heterocycles.